The zero-order valence-corrected chi connectivity index (χ0v) is 12.3. The molecule has 0 unspecified atom stereocenters. The largest absolute Gasteiger partial charge is 0.376 e. The summed E-state index contributed by atoms with van der Waals surface area (Å²) >= 11 is 0. The molecule has 1 rings (SSSR count). The molecule has 0 aliphatic heterocycles. The Hall–Kier alpha value is -0.970. The molecule has 0 spiro atoms. The van der Waals surface area contributed by atoms with Crippen LogP contribution in [-0.4, -0.2) is 30.8 Å². The molecule has 0 fully saturated rings. The van der Waals surface area contributed by atoms with Gasteiger partial charge in [0, 0.05) is 12.7 Å². The number of rotatable bonds is 10. The molecule has 0 aliphatic rings. The third-order valence-corrected chi connectivity index (χ3v) is 2.57. The van der Waals surface area contributed by atoms with Crippen molar-refractivity contribution in [3.8, 4) is 0 Å². The maximum Gasteiger partial charge on any atom is 0.0889 e. The molecule has 0 amide bonds. The fourth-order valence-electron chi connectivity index (χ4n) is 1.57. The second kappa shape index (κ2) is 9.89. The van der Waals surface area contributed by atoms with E-state index in [0.29, 0.717) is 19.8 Å². The maximum atomic E-state index is 5.51. The van der Waals surface area contributed by atoms with Gasteiger partial charge in [-0.05, 0) is 38.4 Å². The predicted octanol–water partition coefficient (Wildman–Crippen LogP) is 2.52. The van der Waals surface area contributed by atoms with Gasteiger partial charge in [-0.2, -0.15) is 0 Å². The molecule has 1 aromatic rings. The van der Waals surface area contributed by atoms with Crippen molar-refractivity contribution in [2.45, 2.75) is 46.4 Å². The molecule has 0 bridgehead atoms. The lowest BCUT2D eigenvalue weighted by Gasteiger charge is -2.08. The number of ether oxygens (including phenoxy) is 2. The Bertz CT molecular complexity index is 325. The molecule has 0 saturated carbocycles. The number of nitrogens with one attached hydrogen (secondary N) is 1. The van der Waals surface area contributed by atoms with Gasteiger partial charge in [-0.15, -0.1) is 0 Å². The van der Waals surface area contributed by atoms with E-state index in [0.717, 1.165) is 25.2 Å². The van der Waals surface area contributed by atoms with Crippen LogP contribution in [0.1, 0.15) is 38.4 Å². The highest BCUT2D eigenvalue weighted by atomic mass is 16.5. The van der Waals surface area contributed by atoms with Crippen LogP contribution in [0, 0.1) is 0 Å². The van der Waals surface area contributed by atoms with Crippen LogP contribution in [-0.2, 0) is 22.6 Å². The van der Waals surface area contributed by atoms with Gasteiger partial charge in [0.25, 0.3) is 0 Å². The van der Waals surface area contributed by atoms with Crippen molar-refractivity contribution in [3.63, 3.8) is 0 Å². The molecule has 0 atom stereocenters. The predicted molar refractivity (Wildman–Crippen MR) is 77.0 cm³/mol. The normalized spacial score (nSPS) is 11.2. The third-order valence-electron chi connectivity index (χ3n) is 2.57. The minimum atomic E-state index is 0.261. The van der Waals surface area contributed by atoms with Gasteiger partial charge in [0.1, 0.15) is 0 Å². The highest BCUT2D eigenvalue weighted by molar-refractivity contribution is 5.13. The lowest BCUT2D eigenvalue weighted by Crippen LogP contribution is -2.14. The number of aromatic nitrogens is 1. The molecular weight excluding hydrogens is 240 g/mol. The van der Waals surface area contributed by atoms with Crippen LogP contribution in [0.4, 0.5) is 0 Å². The third kappa shape index (κ3) is 7.93. The summed E-state index contributed by atoms with van der Waals surface area (Å²) in [7, 11) is 0. The molecule has 108 valence electrons. The van der Waals surface area contributed by atoms with Crippen molar-refractivity contribution >= 4 is 0 Å². The summed E-state index contributed by atoms with van der Waals surface area (Å²) in [6.07, 6.45) is 3.32. The number of nitrogens with zero attached hydrogens (tertiary/aromatic N) is 1. The zero-order valence-electron chi connectivity index (χ0n) is 12.3. The van der Waals surface area contributed by atoms with Crippen LogP contribution in [0.15, 0.2) is 18.3 Å². The zero-order chi connectivity index (χ0) is 13.9. The molecular formula is C15H26N2O2. The van der Waals surface area contributed by atoms with E-state index < -0.39 is 0 Å². The lowest BCUT2D eigenvalue weighted by atomic mass is 10.2. The van der Waals surface area contributed by atoms with E-state index >= 15 is 0 Å². The van der Waals surface area contributed by atoms with Crippen molar-refractivity contribution in [3.05, 3.63) is 29.6 Å². The summed E-state index contributed by atoms with van der Waals surface area (Å²) in [4.78, 5) is 4.38. The van der Waals surface area contributed by atoms with Gasteiger partial charge < -0.3 is 14.8 Å². The molecule has 0 aromatic carbocycles. The average Bonchev–Trinajstić information content (AvgIpc) is 2.40. The minimum absolute atomic E-state index is 0.261. The summed E-state index contributed by atoms with van der Waals surface area (Å²) in [5.41, 5.74) is 2.17. The first-order valence-corrected chi connectivity index (χ1v) is 7.06. The summed E-state index contributed by atoms with van der Waals surface area (Å²) in [6.45, 7) is 9.92. The Labute approximate surface area is 116 Å². The Balaban J connectivity index is 2.17. The Morgan fingerprint density at radius 2 is 2.11 bits per heavy atom. The Kier molecular flexibility index (Phi) is 8.38. The fourth-order valence-corrected chi connectivity index (χ4v) is 1.57. The van der Waals surface area contributed by atoms with Gasteiger partial charge in [-0.3, -0.25) is 4.98 Å². The first-order chi connectivity index (χ1) is 9.22. The van der Waals surface area contributed by atoms with Crippen molar-refractivity contribution < 1.29 is 9.47 Å². The summed E-state index contributed by atoms with van der Waals surface area (Å²) in [5, 5.41) is 3.35. The molecule has 1 N–H and O–H groups in total. The molecule has 0 aliphatic carbocycles. The summed E-state index contributed by atoms with van der Waals surface area (Å²) < 4.78 is 10.9. The van der Waals surface area contributed by atoms with Crippen molar-refractivity contribution in [1.82, 2.24) is 10.3 Å². The maximum absolute atomic E-state index is 5.51. The molecule has 1 aromatic heterocycles. The standard InChI is InChI=1S/C15H26N2O2/c1-4-7-16-10-14-5-6-15(17-11-14)12-18-8-9-19-13(2)3/h5-6,11,13,16H,4,7-10,12H2,1-3H3. The van der Waals surface area contributed by atoms with Crippen molar-refractivity contribution in [2.75, 3.05) is 19.8 Å². The summed E-state index contributed by atoms with van der Waals surface area (Å²) in [6, 6.07) is 4.12. The number of hydrogen-bond acceptors (Lipinski definition) is 4. The monoisotopic (exact) mass is 266 g/mol. The van der Waals surface area contributed by atoms with Gasteiger partial charge in [-0.1, -0.05) is 13.0 Å². The van der Waals surface area contributed by atoms with Gasteiger partial charge in [0.15, 0.2) is 0 Å². The van der Waals surface area contributed by atoms with Crippen molar-refractivity contribution in [2.24, 2.45) is 0 Å². The minimum Gasteiger partial charge on any atom is -0.376 e. The molecule has 4 nitrogen and oxygen atoms in total. The Morgan fingerprint density at radius 3 is 2.74 bits per heavy atom. The van der Waals surface area contributed by atoms with Crippen LogP contribution in [0.2, 0.25) is 0 Å². The summed E-state index contributed by atoms with van der Waals surface area (Å²) in [5.74, 6) is 0. The van der Waals surface area contributed by atoms with Gasteiger partial charge >= 0.3 is 0 Å². The van der Waals surface area contributed by atoms with E-state index in [1.165, 1.54) is 5.56 Å². The average molecular weight is 266 g/mol. The molecule has 0 radical (unpaired) electrons. The SMILES string of the molecule is CCCNCc1ccc(COCCOC(C)C)nc1. The lowest BCUT2D eigenvalue weighted by molar-refractivity contribution is 0.0135. The van der Waals surface area contributed by atoms with Crippen LogP contribution in [0.25, 0.3) is 0 Å². The fraction of sp³-hybridized carbons (Fsp3) is 0.667. The highest BCUT2D eigenvalue weighted by Gasteiger charge is 1.98. The van der Waals surface area contributed by atoms with E-state index in [-0.39, 0.29) is 6.10 Å². The molecule has 0 saturated heterocycles. The second-order valence-electron chi connectivity index (χ2n) is 4.81. The number of pyridine rings is 1. The molecule has 1 heterocycles. The topological polar surface area (TPSA) is 43.4 Å². The van der Waals surface area contributed by atoms with Gasteiger partial charge in [0.2, 0.25) is 0 Å². The van der Waals surface area contributed by atoms with Crippen LogP contribution < -0.4 is 5.32 Å². The number of hydrogen-bond donors (Lipinski definition) is 1. The van der Waals surface area contributed by atoms with Crippen molar-refractivity contribution in [1.29, 1.82) is 0 Å². The van der Waals surface area contributed by atoms with E-state index in [4.69, 9.17) is 9.47 Å². The van der Waals surface area contributed by atoms with Crippen LogP contribution in [0.5, 0.6) is 0 Å². The van der Waals surface area contributed by atoms with Gasteiger partial charge in [-0.25, -0.2) is 0 Å². The Morgan fingerprint density at radius 1 is 1.26 bits per heavy atom. The van der Waals surface area contributed by atoms with Gasteiger partial charge in [0.05, 0.1) is 31.6 Å². The van der Waals surface area contributed by atoms with E-state index in [1.54, 1.807) is 0 Å². The van der Waals surface area contributed by atoms with Crippen LogP contribution >= 0.6 is 0 Å². The smallest absolute Gasteiger partial charge is 0.0889 e. The molecule has 4 heteroatoms. The van der Waals surface area contributed by atoms with E-state index in [1.807, 2.05) is 26.1 Å². The first-order valence-electron chi connectivity index (χ1n) is 7.06. The van der Waals surface area contributed by atoms with E-state index in [2.05, 4.69) is 23.3 Å². The molecule has 19 heavy (non-hydrogen) atoms. The van der Waals surface area contributed by atoms with Crippen LogP contribution in [0.3, 0.4) is 0 Å². The van der Waals surface area contributed by atoms with E-state index in [9.17, 15) is 0 Å². The highest BCUT2D eigenvalue weighted by Crippen LogP contribution is 2.02. The second-order valence-corrected chi connectivity index (χ2v) is 4.81. The first kappa shape index (κ1) is 16.1. The quantitative estimate of drug-likeness (QED) is 0.661.